The van der Waals surface area contributed by atoms with Gasteiger partial charge in [0, 0.05) is 22.5 Å². The molecule has 0 fully saturated rings. The van der Waals surface area contributed by atoms with E-state index in [0.717, 1.165) is 38.6 Å². The summed E-state index contributed by atoms with van der Waals surface area (Å²) in [6.45, 7) is 2.45. The van der Waals surface area contributed by atoms with Gasteiger partial charge < -0.3 is 9.47 Å². The fourth-order valence-electron chi connectivity index (χ4n) is 2.57. The van der Waals surface area contributed by atoms with Crippen molar-refractivity contribution in [3.8, 4) is 11.5 Å². The van der Waals surface area contributed by atoms with Crippen LogP contribution in [0.15, 0.2) is 42.2 Å². The highest BCUT2D eigenvalue weighted by Crippen LogP contribution is 2.30. The van der Waals surface area contributed by atoms with Gasteiger partial charge in [0.15, 0.2) is 0 Å². The van der Waals surface area contributed by atoms with Crippen molar-refractivity contribution < 1.29 is 9.47 Å². The lowest BCUT2D eigenvalue weighted by Gasteiger charge is -2.11. The molecule has 4 aromatic rings. The average molecular weight is 325 g/mol. The molecule has 116 valence electrons. The summed E-state index contributed by atoms with van der Waals surface area (Å²) in [5.41, 5.74) is 2.91. The maximum Gasteiger partial charge on any atom is 0.131 e. The summed E-state index contributed by atoms with van der Waals surface area (Å²) in [5.74, 6) is 1.60. The number of thiazole rings is 1. The zero-order valence-electron chi connectivity index (χ0n) is 12.8. The van der Waals surface area contributed by atoms with Gasteiger partial charge in [0.2, 0.25) is 0 Å². The number of ether oxygens (including phenoxy) is 2. The molecule has 4 rings (SSSR count). The van der Waals surface area contributed by atoms with Crippen LogP contribution in [0.5, 0.6) is 11.5 Å². The average Bonchev–Trinajstić information content (AvgIpc) is 3.16. The Balaban J connectivity index is 1.71. The number of aromatic nitrogens is 3. The van der Waals surface area contributed by atoms with Crippen molar-refractivity contribution in [3.05, 3.63) is 53.6 Å². The van der Waals surface area contributed by atoms with Gasteiger partial charge in [-0.15, -0.1) is 11.3 Å². The van der Waals surface area contributed by atoms with Crippen molar-refractivity contribution in [2.24, 2.45) is 0 Å². The van der Waals surface area contributed by atoms with Crippen LogP contribution in [0.4, 0.5) is 0 Å². The monoisotopic (exact) mass is 325 g/mol. The first kappa shape index (κ1) is 14.0. The summed E-state index contributed by atoms with van der Waals surface area (Å²) < 4.78 is 13.4. The SMILES string of the molecule is COc1ccc2nc(C)cc(OCc3csc4cncn34)c2c1. The number of fused-ring (bicyclic) bond motifs is 2. The number of hydrogen-bond acceptors (Lipinski definition) is 5. The van der Waals surface area contributed by atoms with E-state index in [9.17, 15) is 0 Å². The Kier molecular flexibility index (Phi) is 3.38. The van der Waals surface area contributed by atoms with E-state index in [4.69, 9.17) is 9.47 Å². The molecule has 3 heterocycles. The Morgan fingerprint density at radius 1 is 1.26 bits per heavy atom. The summed E-state index contributed by atoms with van der Waals surface area (Å²) >= 11 is 1.66. The molecule has 0 aliphatic heterocycles. The number of rotatable bonds is 4. The van der Waals surface area contributed by atoms with Crippen molar-refractivity contribution in [2.45, 2.75) is 13.5 Å². The van der Waals surface area contributed by atoms with E-state index >= 15 is 0 Å². The van der Waals surface area contributed by atoms with Gasteiger partial charge in [0.1, 0.15) is 29.3 Å². The van der Waals surface area contributed by atoms with Crippen LogP contribution in [0.2, 0.25) is 0 Å². The second-order valence-corrected chi connectivity index (χ2v) is 6.15. The van der Waals surface area contributed by atoms with E-state index in [0.29, 0.717) is 6.61 Å². The van der Waals surface area contributed by atoms with Crippen LogP contribution >= 0.6 is 11.3 Å². The number of imidazole rings is 1. The van der Waals surface area contributed by atoms with Crippen molar-refractivity contribution in [1.82, 2.24) is 14.4 Å². The summed E-state index contributed by atoms with van der Waals surface area (Å²) in [6.07, 6.45) is 3.66. The maximum atomic E-state index is 6.08. The fraction of sp³-hybridized carbons (Fsp3) is 0.176. The molecule has 0 unspecified atom stereocenters. The number of nitrogens with zero attached hydrogens (tertiary/aromatic N) is 3. The molecule has 0 aliphatic rings. The molecule has 0 saturated heterocycles. The van der Waals surface area contributed by atoms with Crippen LogP contribution in [-0.4, -0.2) is 21.5 Å². The molecule has 1 aromatic carbocycles. The largest absolute Gasteiger partial charge is 0.497 e. The highest BCUT2D eigenvalue weighted by molar-refractivity contribution is 7.15. The Bertz CT molecular complexity index is 990. The first-order valence-corrected chi connectivity index (χ1v) is 8.09. The molecular formula is C17H15N3O2S. The van der Waals surface area contributed by atoms with Crippen LogP contribution in [0.25, 0.3) is 15.7 Å². The van der Waals surface area contributed by atoms with Crippen molar-refractivity contribution >= 4 is 27.1 Å². The van der Waals surface area contributed by atoms with Gasteiger partial charge >= 0.3 is 0 Å². The molecule has 3 aromatic heterocycles. The van der Waals surface area contributed by atoms with Gasteiger partial charge in [-0.25, -0.2) is 4.98 Å². The predicted molar refractivity (Wildman–Crippen MR) is 90.4 cm³/mol. The first-order valence-electron chi connectivity index (χ1n) is 7.21. The second kappa shape index (κ2) is 5.55. The van der Waals surface area contributed by atoms with E-state index in [1.54, 1.807) is 18.4 Å². The third kappa shape index (κ3) is 2.51. The lowest BCUT2D eigenvalue weighted by atomic mass is 10.1. The van der Waals surface area contributed by atoms with Crippen molar-refractivity contribution in [2.75, 3.05) is 7.11 Å². The van der Waals surface area contributed by atoms with E-state index in [-0.39, 0.29) is 0 Å². The predicted octanol–water partition coefficient (Wildman–Crippen LogP) is 3.84. The van der Waals surface area contributed by atoms with Gasteiger partial charge in [-0.1, -0.05) is 0 Å². The number of benzene rings is 1. The third-order valence-corrected chi connectivity index (χ3v) is 4.64. The third-order valence-electron chi connectivity index (χ3n) is 3.71. The standard InChI is InChI=1S/C17H15N3O2S/c1-11-5-16(14-6-13(21-2)3-4-15(14)19-11)22-8-12-9-23-17-7-18-10-20(12)17/h3-7,9-10H,8H2,1-2H3. The molecule has 0 aliphatic carbocycles. The summed E-state index contributed by atoms with van der Waals surface area (Å²) in [7, 11) is 1.66. The van der Waals surface area contributed by atoms with Gasteiger partial charge in [0.25, 0.3) is 0 Å². The zero-order valence-corrected chi connectivity index (χ0v) is 13.6. The molecule has 0 radical (unpaired) electrons. The highest BCUT2D eigenvalue weighted by atomic mass is 32.1. The molecular weight excluding hydrogens is 310 g/mol. The van der Waals surface area contributed by atoms with E-state index < -0.39 is 0 Å². The first-order chi connectivity index (χ1) is 11.2. The minimum absolute atomic E-state index is 0.478. The summed E-state index contributed by atoms with van der Waals surface area (Å²) in [5, 5.41) is 3.04. The number of pyridine rings is 1. The smallest absolute Gasteiger partial charge is 0.131 e. The number of methoxy groups -OCH3 is 1. The normalized spacial score (nSPS) is 11.2. The minimum atomic E-state index is 0.478. The van der Waals surface area contributed by atoms with E-state index in [1.165, 1.54) is 0 Å². The minimum Gasteiger partial charge on any atom is -0.497 e. The van der Waals surface area contributed by atoms with Gasteiger partial charge in [0.05, 0.1) is 24.5 Å². The quantitative estimate of drug-likeness (QED) is 0.572. The van der Waals surface area contributed by atoms with Crippen LogP contribution in [-0.2, 0) is 6.61 Å². The van der Waals surface area contributed by atoms with Crippen LogP contribution in [0.1, 0.15) is 11.4 Å². The molecule has 0 spiro atoms. The molecule has 0 saturated carbocycles. The second-order valence-electron chi connectivity index (χ2n) is 5.26. The molecule has 23 heavy (non-hydrogen) atoms. The molecule has 5 nitrogen and oxygen atoms in total. The lowest BCUT2D eigenvalue weighted by Crippen LogP contribution is -2.00. The highest BCUT2D eigenvalue weighted by Gasteiger charge is 2.09. The van der Waals surface area contributed by atoms with E-state index in [2.05, 4.69) is 15.3 Å². The number of hydrogen-bond donors (Lipinski definition) is 0. The van der Waals surface area contributed by atoms with Gasteiger partial charge in [-0.2, -0.15) is 0 Å². The fourth-order valence-corrected chi connectivity index (χ4v) is 3.41. The Morgan fingerprint density at radius 3 is 3.04 bits per heavy atom. The van der Waals surface area contributed by atoms with Crippen LogP contribution in [0.3, 0.4) is 0 Å². The lowest BCUT2D eigenvalue weighted by molar-refractivity contribution is 0.303. The van der Waals surface area contributed by atoms with Gasteiger partial charge in [-0.05, 0) is 25.1 Å². The summed E-state index contributed by atoms with van der Waals surface area (Å²) in [6, 6.07) is 7.77. The molecule has 0 amide bonds. The van der Waals surface area contributed by atoms with Crippen LogP contribution < -0.4 is 9.47 Å². The van der Waals surface area contributed by atoms with E-state index in [1.807, 2.05) is 48.1 Å². The Labute approximate surface area is 137 Å². The number of aryl methyl sites for hydroxylation is 1. The Morgan fingerprint density at radius 2 is 2.17 bits per heavy atom. The topological polar surface area (TPSA) is 48.7 Å². The maximum absolute atomic E-state index is 6.08. The summed E-state index contributed by atoms with van der Waals surface area (Å²) in [4.78, 5) is 9.82. The van der Waals surface area contributed by atoms with Crippen molar-refractivity contribution in [1.29, 1.82) is 0 Å². The molecule has 0 bridgehead atoms. The Hall–Kier alpha value is -2.60. The molecule has 0 atom stereocenters. The van der Waals surface area contributed by atoms with Gasteiger partial charge in [-0.3, -0.25) is 9.38 Å². The molecule has 6 heteroatoms. The molecule has 0 N–H and O–H groups in total. The zero-order chi connectivity index (χ0) is 15.8. The van der Waals surface area contributed by atoms with Crippen LogP contribution in [0, 0.1) is 6.92 Å². The van der Waals surface area contributed by atoms with Crippen molar-refractivity contribution in [3.63, 3.8) is 0 Å².